The fourth-order valence-electron chi connectivity index (χ4n) is 12.2. The van der Waals surface area contributed by atoms with E-state index in [2.05, 4.69) is 321 Å². The quantitative estimate of drug-likeness (QED) is 0.154. The van der Waals surface area contributed by atoms with Crippen LogP contribution in [0.15, 0.2) is 182 Å². The summed E-state index contributed by atoms with van der Waals surface area (Å²) in [5.74, 6) is 0. The molecule has 3 nitrogen and oxygen atoms in total. The maximum Gasteiger partial charge on any atom is 0.252 e. The molecule has 406 valence electrons. The Balaban J connectivity index is 1.30. The molecule has 0 radical (unpaired) electrons. The summed E-state index contributed by atoms with van der Waals surface area (Å²) in [6, 6.07) is 71.1. The molecule has 0 saturated heterocycles. The third-order valence-electron chi connectivity index (χ3n) is 17.2. The highest BCUT2D eigenvalue weighted by molar-refractivity contribution is 7.00. The van der Waals surface area contributed by atoms with Crippen LogP contribution in [0.25, 0.3) is 21.9 Å². The molecule has 0 N–H and O–H groups in total. The van der Waals surface area contributed by atoms with Crippen molar-refractivity contribution in [2.75, 3.05) is 14.7 Å². The average molecular weight is 1050 g/mol. The number of hydrogen-bond acceptors (Lipinski definition) is 3. The van der Waals surface area contributed by atoms with Crippen molar-refractivity contribution in [1.29, 1.82) is 0 Å². The highest BCUT2D eigenvalue weighted by Gasteiger charge is 2.45. The fourth-order valence-corrected chi connectivity index (χ4v) is 12.2. The van der Waals surface area contributed by atoms with E-state index < -0.39 is 0 Å². The number of nitrogens with zero attached hydrogens (tertiary/aromatic N) is 3. The van der Waals surface area contributed by atoms with E-state index in [4.69, 9.17) is 0 Å². The fraction of sp³-hybridized carbons (Fsp3) is 0.316. The predicted molar refractivity (Wildman–Crippen MR) is 350 cm³/mol. The van der Waals surface area contributed by atoms with Crippen LogP contribution in [-0.4, -0.2) is 6.71 Å². The van der Waals surface area contributed by atoms with Gasteiger partial charge in [0, 0.05) is 45.4 Å². The topological polar surface area (TPSA) is 9.72 Å². The van der Waals surface area contributed by atoms with E-state index in [0.29, 0.717) is 0 Å². The number of fused-ring (bicyclic) bond motifs is 5. The lowest BCUT2D eigenvalue weighted by Gasteiger charge is -2.46. The van der Waals surface area contributed by atoms with Crippen LogP contribution >= 0.6 is 0 Å². The third kappa shape index (κ3) is 9.96. The van der Waals surface area contributed by atoms with Crippen molar-refractivity contribution in [2.45, 2.75) is 157 Å². The number of rotatable bonds is 6. The highest BCUT2D eigenvalue weighted by Crippen LogP contribution is 2.51. The summed E-state index contributed by atoms with van der Waals surface area (Å²) in [5.41, 5.74) is 24.4. The van der Waals surface area contributed by atoms with E-state index in [0.717, 1.165) is 28.4 Å². The normalized spacial score (nSPS) is 13.8. The van der Waals surface area contributed by atoms with Crippen LogP contribution in [0.5, 0.6) is 0 Å². The summed E-state index contributed by atoms with van der Waals surface area (Å²) in [6.07, 6.45) is 0. The molecule has 2 heterocycles. The predicted octanol–water partition coefficient (Wildman–Crippen LogP) is 19.8. The number of benzene rings is 9. The van der Waals surface area contributed by atoms with Crippen molar-refractivity contribution in [3.8, 4) is 11.1 Å². The van der Waals surface area contributed by atoms with Gasteiger partial charge in [-0.3, -0.25) is 0 Å². The second-order valence-corrected chi connectivity index (χ2v) is 29.3. The summed E-state index contributed by atoms with van der Waals surface area (Å²) in [4.78, 5) is 7.78. The molecule has 9 aromatic rings. The average Bonchev–Trinajstić information content (AvgIpc) is 3.54. The van der Waals surface area contributed by atoms with E-state index in [1.54, 1.807) is 0 Å². The Morgan fingerprint density at radius 3 is 1.14 bits per heavy atom. The molecule has 11 rings (SSSR count). The SMILES string of the molecule is CC(C)(C)c1ccc(-c2ccc(C(C)(C)C)cc2N(c2cc3c4c(c2)N(c2ccc(C(C)(C)C)cc2)c2ccc(C(C)(C)C)cc2B4c2cc(C(C)(C)C)ccc2N3c2ccc(C(C)(C)C)cc2)c2ccc3ccccc3c2)cc1. The van der Waals surface area contributed by atoms with Gasteiger partial charge in [0.15, 0.2) is 0 Å². The second-order valence-electron chi connectivity index (χ2n) is 29.3. The first-order valence-electron chi connectivity index (χ1n) is 29.3. The molecule has 0 aliphatic carbocycles. The van der Waals surface area contributed by atoms with Gasteiger partial charge in [0.25, 0.3) is 6.71 Å². The minimum atomic E-state index is -0.120. The van der Waals surface area contributed by atoms with Crippen LogP contribution in [0.4, 0.5) is 51.2 Å². The van der Waals surface area contributed by atoms with Crippen LogP contribution in [0.2, 0.25) is 0 Å². The van der Waals surface area contributed by atoms with Crippen LogP contribution in [0, 0.1) is 0 Å². The highest BCUT2D eigenvalue weighted by atomic mass is 15.2. The third-order valence-corrected chi connectivity index (χ3v) is 17.2. The van der Waals surface area contributed by atoms with Crippen molar-refractivity contribution in [2.24, 2.45) is 0 Å². The number of anilines is 9. The Morgan fingerprint density at radius 2 is 0.700 bits per heavy atom. The Hall–Kier alpha value is -7.30. The minimum absolute atomic E-state index is 0.00560. The lowest BCUT2D eigenvalue weighted by molar-refractivity contribution is 0.590. The van der Waals surface area contributed by atoms with E-state index in [1.807, 2.05) is 0 Å². The van der Waals surface area contributed by atoms with Gasteiger partial charge in [0.2, 0.25) is 0 Å². The molecule has 2 aliphatic rings. The van der Waals surface area contributed by atoms with Crippen LogP contribution in [-0.2, 0) is 32.5 Å². The first-order chi connectivity index (χ1) is 37.4. The molecule has 0 spiro atoms. The molecule has 80 heavy (non-hydrogen) atoms. The molecule has 0 bridgehead atoms. The maximum atomic E-state index is 2.60. The van der Waals surface area contributed by atoms with Gasteiger partial charge < -0.3 is 14.7 Å². The molecule has 0 aromatic heterocycles. The monoisotopic (exact) mass is 1050 g/mol. The lowest BCUT2D eigenvalue weighted by Crippen LogP contribution is -2.61. The van der Waals surface area contributed by atoms with Crippen molar-refractivity contribution in [3.05, 3.63) is 215 Å². The second kappa shape index (κ2) is 19.2. The molecule has 2 aliphatic heterocycles. The molecule has 0 amide bonds. The zero-order chi connectivity index (χ0) is 57.2. The maximum absolute atomic E-state index is 2.60. The zero-order valence-electron chi connectivity index (χ0n) is 51.2. The van der Waals surface area contributed by atoms with E-state index in [-0.39, 0.29) is 39.2 Å². The van der Waals surface area contributed by atoms with E-state index in [1.165, 1.54) is 94.4 Å². The van der Waals surface area contributed by atoms with Gasteiger partial charge in [-0.1, -0.05) is 240 Å². The van der Waals surface area contributed by atoms with Crippen molar-refractivity contribution >= 4 is 85.1 Å². The van der Waals surface area contributed by atoms with Gasteiger partial charge >= 0.3 is 0 Å². The van der Waals surface area contributed by atoms with Gasteiger partial charge in [0.1, 0.15) is 0 Å². The Labute approximate surface area is 480 Å². The molecule has 0 fully saturated rings. The Morgan fingerprint density at radius 1 is 0.312 bits per heavy atom. The molecule has 9 aromatic carbocycles. The largest absolute Gasteiger partial charge is 0.311 e. The summed E-state index contributed by atoms with van der Waals surface area (Å²) in [7, 11) is 0. The Kier molecular flexibility index (Phi) is 13.1. The molecule has 4 heteroatoms. The van der Waals surface area contributed by atoms with Gasteiger partial charge in [-0.05, 0) is 165 Å². The Bertz CT molecular complexity index is 3670. The standard InChI is InChI=1S/C76H84BN3/c1-71(2,3)52-26-23-50(24-27-52)62-40-32-57(76(16,17)18)46-67(62)78(60-35-25-49-21-19-20-22-51(49)43-60)61-47-68-70-69(48-61)80(59-38-30-54(31-39-59)73(7,8)9)66-42-34-56(75(13,14)15)45-64(66)77(70)63-44-55(74(10,11)12)33-41-65(63)79(68)58-36-28-53(29-37-58)72(4,5)6/h19-48H,1-18H3. The summed E-state index contributed by atoms with van der Waals surface area (Å²) >= 11 is 0. The summed E-state index contributed by atoms with van der Waals surface area (Å²) in [5, 5.41) is 2.42. The molecular weight excluding hydrogens is 966 g/mol. The lowest BCUT2D eigenvalue weighted by atomic mass is 9.33. The van der Waals surface area contributed by atoms with Gasteiger partial charge in [-0.25, -0.2) is 0 Å². The van der Waals surface area contributed by atoms with Crippen LogP contribution < -0.4 is 31.1 Å². The smallest absolute Gasteiger partial charge is 0.252 e. The molecule has 0 unspecified atom stereocenters. The molecule has 0 atom stereocenters. The number of hydrogen-bond donors (Lipinski definition) is 0. The van der Waals surface area contributed by atoms with Crippen LogP contribution in [0.3, 0.4) is 0 Å². The first-order valence-corrected chi connectivity index (χ1v) is 29.3. The van der Waals surface area contributed by atoms with Crippen molar-refractivity contribution in [3.63, 3.8) is 0 Å². The van der Waals surface area contributed by atoms with Gasteiger partial charge in [-0.2, -0.15) is 0 Å². The summed E-state index contributed by atoms with van der Waals surface area (Å²) in [6.45, 7) is 41.8. The van der Waals surface area contributed by atoms with Gasteiger partial charge in [0.05, 0.1) is 11.4 Å². The van der Waals surface area contributed by atoms with E-state index >= 15 is 0 Å². The minimum Gasteiger partial charge on any atom is -0.311 e. The molecular formula is C76H84BN3. The summed E-state index contributed by atoms with van der Waals surface area (Å²) < 4.78 is 0. The van der Waals surface area contributed by atoms with Gasteiger partial charge in [-0.15, -0.1) is 0 Å². The van der Waals surface area contributed by atoms with Crippen molar-refractivity contribution < 1.29 is 0 Å². The first kappa shape index (κ1) is 54.7. The van der Waals surface area contributed by atoms with E-state index in [9.17, 15) is 0 Å². The zero-order valence-corrected chi connectivity index (χ0v) is 51.2. The molecule has 0 saturated carbocycles. The van der Waals surface area contributed by atoms with Crippen LogP contribution in [0.1, 0.15) is 158 Å². The van der Waals surface area contributed by atoms with Crippen molar-refractivity contribution in [1.82, 2.24) is 0 Å².